The molecule has 0 fully saturated rings. The molecule has 0 saturated carbocycles. The number of nitrogens with zero attached hydrogens (tertiary/aromatic N) is 2. The highest BCUT2D eigenvalue weighted by Crippen LogP contribution is 2.41. The highest BCUT2D eigenvalue weighted by molar-refractivity contribution is 8.01. The summed E-state index contributed by atoms with van der Waals surface area (Å²) in [5.41, 5.74) is 2.29. The van der Waals surface area contributed by atoms with Crippen molar-refractivity contribution in [2.75, 3.05) is 4.90 Å². The zero-order valence-corrected chi connectivity index (χ0v) is 13.5. The number of hydrogen-bond donors (Lipinski definition) is 0. The lowest BCUT2D eigenvalue weighted by atomic mass is 10.1. The molecule has 0 aromatic heterocycles. The SMILES string of the molecule is CC1Sc2cc(Cl)ccc2N(Cc2ccccc2C#N)C1=O. The maximum atomic E-state index is 12.6. The van der Waals surface area contributed by atoms with Gasteiger partial charge >= 0.3 is 0 Å². The molecule has 3 rings (SSSR count). The number of thioether (sulfide) groups is 1. The number of anilines is 1. The third-order valence-electron chi connectivity index (χ3n) is 3.60. The Balaban J connectivity index is 2.03. The maximum Gasteiger partial charge on any atom is 0.240 e. The molecule has 0 bridgehead atoms. The predicted molar refractivity (Wildman–Crippen MR) is 89.1 cm³/mol. The fourth-order valence-corrected chi connectivity index (χ4v) is 3.82. The molecule has 0 saturated heterocycles. The van der Waals surface area contributed by atoms with Crippen molar-refractivity contribution in [1.82, 2.24) is 0 Å². The fraction of sp³-hybridized carbons (Fsp3) is 0.176. The van der Waals surface area contributed by atoms with Crippen molar-refractivity contribution in [2.24, 2.45) is 0 Å². The molecule has 0 aliphatic carbocycles. The summed E-state index contributed by atoms with van der Waals surface area (Å²) in [7, 11) is 0. The molecule has 0 N–H and O–H groups in total. The van der Waals surface area contributed by atoms with Crippen LogP contribution in [0.3, 0.4) is 0 Å². The fourth-order valence-electron chi connectivity index (χ4n) is 2.49. The van der Waals surface area contributed by atoms with Crippen LogP contribution < -0.4 is 4.90 Å². The third kappa shape index (κ3) is 2.70. The van der Waals surface area contributed by atoms with Crippen molar-refractivity contribution in [1.29, 1.82) is 5.26 Å². The number of fused-ring (bicyclic) bond motifs is 1. The van der Waals surface area contributed by atoms with Gasteiger partial charge in [0, 0.05) is 9.92 Å². The van der Waals surface area contributed by atoms with Gasteiger partial charge in [-0.15, -0.1) is 11.8 Å². The molecular weight excluding hydrogens is 316 g/mol. The number of benzene rings is 2. The molecule has 1 aliphatic rings. The molecule has 110 valence electrons. The lowest BCUT2D eigenvalue weighted by Crippen LogP contribution is -2.39. The Morgan fingerprint density at radius 2 is 2.09 bits per heavy atom. The van der Waals surface area contributed by atoms with Crippen LogP contribution in [0.4, 0.5) is 5.69 Å². The molecule has 5 heteroatoms. The highest BCUT2D eigenvalue weighted by atomic mass is 35.5. The molecule has 1 atom stereocenters. The first-order valence-corrected chi connectivity index (χ1v) is 8.11. The monoisotopic (exact) mass is 328 g/mol. The number of hydrogen-bond acceptors (Lipinski definition) is 3. The Hall–Kier alpha value is -1.96. The van der Waals surface area contributed by atoms with Gasteiger partial charge in [-0.05, 0) is 36.8 Å². The second-order valence-electron chi connectivity index (χ2n) is 5.07. The first kappa shape index (κ1) is 15.0. The van der Waals surface area contributed by atoms with E-state index in [9.17, 15) is 10.1 Å². The van der Waals surface area contributed by atoms with Crippen LogP contribution in [0.5, 0.6) is 0 Å². The van der Waals surface area contributed by atoms with Gasteiger partial charge in [0.1, 0.15) is 0 Å². The Labute approximate surface area is 138 Å². The molecule has 3 nitrogen and oxygen atoms in total. The zero-order chi connectivity index (χ0) is 15.7. The number of rotatable bonds is 2. The Kier molecular flexibility index (Phi) is 4.10. The van der Waals surface area contributed by atoms with Gasteiger partial charge in [0.15, 0.2) is 0 Å². The minimum Gasteiger partial charge on any atom is -0.306 e. The van der Waals surface area contributed by atoms with Gasteiger partial charge < -0.3 is 4.90 Å². The van der Waals surface area contributed by atoms with Crippen molar-refractivity contribution >= 4 is 35.0 Å². The summed E-state index contributed by atoms with van der Waals surface area (Å²) in [4.78, 5) is 15.3. The van der Waals surface area contributed by atoms with Crippen LogP contribution in [-0.4, -0.2) is 11.2 Å². The number of halogens is 1. The normalized spacial score (nSPS) is 17.0. The summed E-state index contributed by atoms with van der Waals surface area (Å²) in [6, 6.07) is 15.1. The molecule has 1 aliphatic heterocycles. The molecular formula is C17H13ClN2OS. The van der Waals surface area contributed by atoms with Crippen LogP contribution in [-0.2, 0) is 11.3 Å². The first-order chi connectivity index (χ1) is 10.6. The lowest BCUT2D eigenvalue weighted by Gasteiger charge is -2.32. The van der Waals surface area contributed by atoms with E-state index in [0.29, 0.717) is 17.1 Å². The molecule has 0 radical (unpaired) electrons. The van der Waals surface area contributed by atoms with E-state index in [-0.39, 0.29) is 11.2 Å². The van der Waals surface area contributed by atoms with Crippen molar-refractivity contribution in [3.8, 4) is 6.07 Å². The standard InChI is InChI=1S/C17H13ClN2OS/c1-11-17(21)20(10-13-5-3-2-4-12(13)9-19)15-7-6-14(18)8-16(15)22-11/h2-8,11H,10H2,1H3. The van der Waals surface area contributed by atoms with Crippen LogP contribution in [0.2, 0.25) is 5.02 Å². The molecule has 2 aromatic carbocycles. The van der Waals surface area contributed by atoms with Crippen LogP contribution in [0, 0.1) is 11.3 Å². The summed E-state index contributed by atoms with van der Waals surface area (Å²) >= 11 is 7.57. The van der Waals surface area contributed by atoms with E-state index >= 15 is 0 Å². The molecule has 2 aromatic rings. The summed E-state index contributed by atoms with van der Waals surface area (Å²) in [5, 5.41) is 9.71. The average molecular weight is 329 g/mol. The Morgan fingerprint density at radius 3 is 2.86 bits per heavy atom. The topological polar surface area (TPSA) is 44.1 Å². The van der Waals surface area contributed by atoms with E-state index in [2.05, 4.69) is 6.07 Å². The van der Waals surface area contributed by atoms with E-state index in [1.165, 1.54) is 11.8 Å². The largest absolute Gasteiger partial charge is 0.306 e. The average Bonchev–Trinajstić information content (AvgIpc) is 2.52. The third-order valence-corrected chi connectivity index (χ3v) is 4.97. The Morgan fingerprint density at radius 1 is 1.32 bits per heavy atom. The minimum absolute atomic E-state index is 0.0487. The van der Waals surface area contributed by atoms with E-state index in [1.54, 1.807) is 17.0 Å². The summed E-state index contributed by atoms with van der Waals surface area (Å²) in [5.74, 6) is 0.0487. The quantitative estimate of drug-likeness (QED) is 0.828. The van der Waals surface area contributed by atoms with E-state index < -0.39 is 0 Å². The number of carbonyl (C=O) groups is 1. The van der Waals surface area contributed by atoms with Crippen molar-refractivity contribution in [3.05, 3.63) is 58.6 Å². The number of amides is 1. The van der Waals surface area contributed by atoms with E-state index in [1.807, 2.05) is 37.3 Å². The van der Waals surface area contributed by atoms with Crippen LogP contribution >= 0.6 is 23.4 Å². The molecule has 1 amide bonds. The van der Waals surface area contributed by atoms with Gasteiger partial charge in [-0.3, -0.25) is 4.79 Å². The molecule has 22 heavy (non-hydrogen) atoms. The van der Waals surface area contributed by atoms with Crippen LogP contribution in [0.25, 0.3) is 0 Å². The zero-order valence-electron chi connectivity index (χ0n) is 11.9. The van der Waals surface area contributed by atoms with Gasteiger partial charge in [-0.1, -0.05) is 29.8 Å². The molecule has 1 unspecified atom stereocenters. The molecule has 1 heterocycles. The second-order valence-corrected chi connectivity index (χ2v) is 6.88. The van der Waals surface area contributed by atoms with Gasteiger partial charge in [-0.25, -0.2) is 0 Å². The van der Waals surface area contributed by atoms with Crippen LogP contribution in [0.15, 0.2) is 47.4 Å². The number of nitriles is 1. The number of carbonyl (C=O) groups excluding carboxylic acids is 1. The van der Waals surface area contributed by atoms with Crippen molar-refractivity contribution in [2.45, 2.75) is 23.6 Å². The van der Waals surface area contributed by atoms with Gasteiger partial charge in [0.05, 0.1) is 29.1 Å². The van der Waals surface area contributed by atoms with Gasteiger partial charge in [-0.2, -0.15) is 5.26 Å². The predicted octanol–water partition coefficient (Wildman–Crippen LogP) is 4.24. The smallest absolute Gasteiger partial charge is 0.240 e. The summed E-state index contributed by atoms with van der Waals surface area (Å²) in [6.07, 6.45) is 0. The minimum atomic E-state index is -0.166. The van der Waals surface area contributed by atoms with Crippen molar-refractivity contribution in [3.63, 3.8) is 0 Å². The van der Waals surface area contributed by atoms with Crippen molar-refractivity contribution < 1.29 is 4.79 Å². The molecule has 0 spiro atoms. The first-order valence-electron chi connectivity index (χ1n) is 6.85. The Bertz CT molecular complexity index is 784. The van der Waals surface area contributed by atoms with E-state index in [4.69, 9.17) is 11.6 Å². The van der Waals surface area contributed by atoms with Gasteiger partial charge in [0.2, 0.25) is 5.91 Å². The lowest BCUT2D eigenvalue weighted by molar-refractivity contribution is -0.118. The maximum absolute atomic E-state index is 12.6. The van der Waals surface area contributed by atoms with Gasteiger partial charge in [0.25, 0.3) is 0 Å². The highest BCUT2D eigenvalue weighted by Gasteiger charge is 2.31. The second kappa shape index (κ2) is 6.04. The summed E-state index contributed by atoms with van der Waals surface area (Å²) in [6.45, 7) is 2.28. The van der Waals surface area contributed by atoms with Crippen LogP contribution in [0.1, 0.15) is 18.1 Å². The van der Waals surface area contributed by atoms with E-state index in [0.717, 1.165) is 16.1 Å². The summed E-state index contributed by atoms with van der Waals surface area (Å²) < 4.78 is 0.